The molecule has 0 amide bonds. The molecule has 2 unspecified atom stereocenters. The second-order valence-corrected chi connectivity index (χ2v) is 6.02. The molecule has 0 aromatic carbocycles. The maximum Gasteiger partial charge on any atom is 0.0700 e. The van der Waals surface area contributed by atoms with Crippen LogP contribution >= 0.6 is 0 Å². The van der Waals surface area contributed by atoms with E-state index >= 15 is 0 Å². The van der Waals surface area contributed by atoms with Crippen molar-refractivity contribution in [1.82, 2.24) is 4.90 Å². The zero-order valence-corrected chi connectivity index (χ0v) is 12.4. The molecule has 2 aliphatic rings. The molecule has 2 aliphatic heterocycles. The molecule has 2 N–H and O–H groups in total. The highest BCUT2D eigenvalue weighted by molar-refractivity contribution is 4.93. The van der Waals surface area contributed by atoms with E-state index in [9.17, 15) is 0 Å². The topological polar surface area (TPSA) is 47.7 Å². The van der Waals surface area contributed by atoms with Crippen molar-refractivity contribution in [3.05, 3.63) is 0 Å². The van der Waals surface area contributed by atoms with Gasteiger partial charge in [-0.15, -0.1) is 0 Å². The first kappa shape index (κ1) is 15.2. The normalized spacial score (nSPS) is 31.6. The van der Waals surface area contributed by atoms with Crippen LogP contribution in [0, 0.1) is 0 Å². The number of methoxy groups -OCH3 is 1. The zero-order valence-electron chi connectivity index (χ0n) is 12.4. The van der Waals surface area contributed by atoms with Gasteiger partial charge in [0.1, 0.15) is 0 Å². The molecule has 4 heteroatoms. The molecule has 2 fully saturated rings. The van der Waals surface area contributed by atoms with E-state index < -0.39 is 0 Å². The van der Waals surface area contributed by atoms with Gasteiger partial charge in [0.2, 0.25) is 0 Å². The smallest absolute Gasteiger partial charge is 0.0700 e. The van der Waals surface area contributed by atoms with Gasteiger partial charge in [0, 0.05) is 31.8 Å². The van der Waals surface area contributed by atoms with Crippen molar-refractivity contribution < 1.29 is 9.47 Å². The Labute approximate surface area is 117 Å². The number of nitrogens with zero attached hydrogens (tertiary/aromatic N) is 1. The van der Waals surface area contributed by atoms with Crippen LogP contribution in [-0.4, -0.2) is 56.5 Å². The zero-order chi connectivity index (χ0) is 13.5. The first-order valence-corrected chi connectivity index (χ1v) is 7.89. The predicted octanol–water partition coefficient (Wildman–Crippen LogP) is 1.77. The molecule has 2 saturated heterocycles. The lowest BCUT2D eigenvalue weighted by Gasteiger charge is -2.48. The number of hydrogen-bond acceptors (Lipinski definition) is 4. The lowest BCUT2D eigenvalue weighted by atomic mass is 9.82. The van der Waals surface area contributed by atoms with Gasteiger partial charge in [-0.25, -0.2) is 0 Å². The van der Waals surface area contributed by atoms with Crippen molar-refractivity contribution in [1.29, 1.82) is 0 Å². The Bertz CT molecular complexity index is 236. The van der Waals surface area contributed by atoms with E-state index in [-0.39, 0.29) is 0 Å². The van der Waals surface area contributed by atoms with Crippen molar-refractivity contribution in [3.63, 3.8) is 0 Å². The molecule has 19 heavy (non-hydrogen) atoms. The van der Waals surface area contributed by atoms with E-state index in [1.54, 1.807) is 7.11 Å². The van der Waals surface area contributed by atoms with Gasteiger partial charge < -0.3 is 15.2 Å². The summed E-state index contributed by atoms with van der Waals surface area (Å²) in [5.74, 6) is 0. The maximum absolute atomic E-state index is 6.15. The Hall–Kier alpha value is -0.160. The molecule has 2 atom stereocenters. The van der Waals surface area contributed by atoms with Crippen molar-refractivity contribution in [2.75, 3.05) is 33.5 Å². The Kier molecular flexibility index (Phi) is 6.57. The first-order chi connectivity index (χ1) is 9.31. The molecular weight excluding hydrogens is 240 g/mol. The molecule has 0 radical (unpaired) electrons. The number of rotatable bonds is 8. The molecular formula is C15H30N2O2. The maximum atomic E-state index is 6.15. The molecule has 2 bridgehead atoms. The van der Waals surface area contributed by atoms with E-state index in [4.69, 9.17) is 15.2 Å². The van der Waals surface area contributed by atoms with Gasteiger partial charge in [-0.2, -0.15) is 0 Å². The van der Waals surface area contributed by atoms with Crippen LogP contribution < -0.4 is 5.73 Å². The van der Waals surface area contributed by atoms with E-state index in [2.05, 4.69) is 4.90 Å². The molecule has 0 spiro atoms. The van der Waals surface area contributed by atoms with Crippen LogP contribution in [0.3, 0.4) is 0 Å². The van der Waals surface area contributed by atoms with E-state index in [0.29, 0.717) is 12.6 Å². The second kappa shape index (κ2) is 8.20. The molecule has 2 rings (SSSR count). The van der Waals surface area contributed by atoms with Crippen LogP contribution in [-0.2, 0) is 9.47 Å². The van der Waals surface area contributed by atoms with Gasteiger partial charge in [-0.1, -0.05) is 6.42 Å². The summed E-state index contributed by atoms with van der Waals surface area (Å²) in [7, 11) is 1.71. The molecule has 0 saturated carbocycles. The molecule has 0 aliphatic carbocycles. The summed E-state index contributed by atoms with van der Waals surface area (Å²) in [5, 5.41) is 0. The molecule has 112 valence electrons. The monoisotopic (exact) mass is 270 g/mol. The minimum absolute atomic E-state index is 0.448. The fraction of sp³-hybridized carbons (Fsp3) is 1.00. The van der Waals surface area contributed by atoms with Crippen LogP contribution in [0.15, 0.2) is 0 Å². The SMILES string of the molecule is COCCOCCCCN1C2CCCC1CC(N)C2. The number of piperidine rings is 2. The quantitative estimate of drug-likeness (QED) is 0.683. The lowest BCUT2D eigenvalue weighted by Crippen LogP contribution is -2.55. The van der Waals surface area contributed by atoms with Crippen molar-refractivity contribution in [2.24, 2.45) is 5.73 Å². The fourth-order valence-electron chi connectivity index (χ4n) is 3.63. The van der Waals surface area contributed by atoms with Gasteiger partial charge >= 0.3 is 0 Å². The summed E-state index contributed by atoms with van der Waals surface area (Å²) >= 11 is 0. The average molecular weight is 270 g/mol. The Morgan fingerprint density at radius 2 is 1.79 bits per heavy atom. The summed E-state index contributed by atoms with van der Waals surface area (Å²) in [6.45, 7) is 3.52. The van der Waals surface area contributed by atoms with E-state index in [1.165, 1.54) is 45.1 Å². The van der Waals surface area contributed by atoms with Crippen LogP contribution in [0.2, 0.25) is 0 Å². The largest absolute Gasteiger partial charge is 0.382 e. The average Bonchev–Trinajstić information content (AvgIpc) is 2.38. The third kappa shape index (κ3) is 4.71. The van der Waals surface area contributed by atoms with Crippen molar-refractivity contribution >= 4 is 0 Å². The number of hydrogen-bond donors (Lipinski definition) is 1. The summed E-state index contributed by atoms with van der Waals surface area (Å²) in [5.41, 5.74) is 6.15. The third-order valence-electron chi connectivity index (χ3n) is 4.55. The summed E-state index contributed by atoms with van der Waals surface area (Å²) in [6, 6.07) is 1.97. The highest BCUT2D eigenvalue weighted by Gasteiger charge is 2.36. The van der Waals surface area contributed by atoms with Gasteiger partial charge in [0.15, 0.2) is 0 Å². The summed E-state index contributed by atoms with van der Waals surface area (Å²) in [6.07, 6.45) is 8.93. The first-order valence-electron chi connectivity index (χ1n) is 7.89. The minimum atomic E-state index is 0.448. The molecule has 4 nitrogen and oxygen atoms in total. The second-order valence-electron chi connectivity index (χ2n) is 6.02. The van der Waals surface area contributed by atoms with Gasteiger partial charge in [-0.05, 0) is 45.1 Å². The molecule has 2 heterocycles. The van der Waals surface area contributed by atoms with Gasteiger partial charge in [0.25, 0.3) is 0 Å². The highest BCUT2D eigenvalue weighted by atomic mass is 16.5. The number of unbranched alkanes of at least 4 members (excludes halogenated alkanes) is 1. The van der Waals surface area contributed by atoms with Crippen LogP contribution in [0.5, 0.6) is 0 Å². The minimum Gasteiger partial charge on any atom is -0.382 e. The van der Waals surface area contributed by atoms with Crippen LogP contribution in [0.25, 0.3) is 0 Å². The number of ether oxygens (including phenoxy) is 2. The van der Waals surface area contributed by atoms with E-state index in [1.807, 2.05) is 0 Å². The Morgan fingerprint density at radius 3 is 2.47 bits per heavy atom. The molecule has 0 aromatic heterocycles. The van der Waals surface area contributed by atoms with Crippen molar-refractivity contribution in [3.8, 4) is 0 Å². The predicted molar refractivity (Wildman–Crippen MR) is 77.3 cm³/mol. The van der Waals surface area contributed by atoms with Gasteiger partial charge in [-0.3, -0.25) is 4.90 Å². The Balaban J connectivity index is 1.60. The number of fused-ring (bicyclic) bond motifs is 2. The fourth-order valence-corrected chi connectivity index (χ4v) is 3.63. The van der Waals surface area contributed by atoms with Crippen LogP contribution in [0.1, 0.15) is 44.9 Å². The third-order valence-corrected chi connectivity index (χ3v) is 4.55. The molecule has 0 aromatic rings. The van der Waals surface area contributed by atoms with E-state index in [0.717, 1.165) is 31.7 Å². The summed E-state index contributed by atoms with van der Waals surface area (Å²) < 4.78 is 10.5. The Morgan fingerprint density at radius 1 is 1.05 bits per heavy atom. The summed E-state index contributed by atoms with van der Waals surface area (Å²) in [4.78, 5) is 2.74. The standard InChI is InChI=1S/C15H30N2O2/c1-18-9-10-19-8-3-2-7-17-14-5-4-6-15(17)12-13(16)11-14/h13-15H,2-12,16H2,1H3. The van der Waals surface area contributed by atoms with Gasteiger partial charge in [0.05, 0.1) is 13.2 Å². The lowest BCUT2D eigenvalue weighted by molar-refractivity contribution is 0.0259. The highest BCUT2D eigenvalue weighted by Crippen LogP contribution is 2.33. The van der Waals surface area contributed by atoms with Crippen molar-refractivity contribution in [2.45, 2.75) is 63.1 Å². The van der Waals surface area contributed by atoms with Crippen LogP contribution in [0.4, 0.5) is 0 Å². The number of nitrogens with two attached hydrogens (primary N) is 1.